The molecule has 0 bridgehead atoms. The minimum atomic E-state index is -1.74. The standard InChI is InChI=1S/C43H70O16/c1-19-7-12-43(53-17-19)20(2)31-28(59-43)14-25-23-6-5-21-13-22(8-10-41(21,3)24(23)9-11-42(25,31)4)54-39-35(50)33(48)30(18-52-39)56-37-26(45)15-27(46)38(57-37)58-40-36(51)34(49)32(47)29(16-44)55-40/h19-40,44-51H,5-18H2,1-4H3/t19?,20?,21?,22?,23?,24?,25?,26-,27+,28?,29-,30+,31?,32-,33-,34-,35-,36-,37-,38-,39+,40+,41?,42?,43?/m1/s1. The van der Waals surface area contributed by atoms with Crippen LogP contribution in [0.4, 0.5) is 0 Å². The lowest BCUT2D eigenvalue weighted by Gasteiger charge is -2.61. The summed E-state index contributed by atoms with van der Waals surface area (Å²) >= 11 is 0. The van der Waals surface area contributed by atoms with Crippen LogP contribution < -0.4 is 0 Å². The molecule has 25 atom stereocenters. The lowest BCUT2D eigenvalue weighted by molar-refractivity contribution is -0.397. The van der Waals surface area contributed by atoms with Crippen molar-refractivity contribution >= 4 is 0 Å². The monoisotopic (exact) mass is 842 g/mol. The molecule has 5 saturated heterocycles. The van der Waals surface area contributed by atoms with Crippen molar-refractivity contribution in [1.82, 2.24) is 0 Å². The summed E-state index contributed by atoms with van der Waals surface area (Å²) in [6.45, 7) is 9.73. The lowest BCUT2D eigenvalue weighted by Crippen LogP contribution is -2.62. The number of hydrogen-bond donors (Lipinski definition) is 8. The van der Waals surface area contributed by atoms with Crippen molar-refractivity contribution in [3.63, 3.8) is 0 Å². The molecule has 8 N–H and O–H groups in total. The Kier molecular flexibility index (Phi) is 12.1. The SMILES string of the molecule is CC1CCC2(OC1)OC1CC3C4CCC5CC(O[C@@H]6OC[C@H](O[C@@H]7O[C@H](O[C@@H]8O[C@H](CO)[C@@H](O)[C@@H](O)[C@H]8O)[C@@H](O)C[C@H]7O)[C@@H](O)[C@H]6O)CCC5(C)C4CCC3(C)C1C2C. The molecule has 9 aliphatic rings. The van der Waals surface area contributed by atoms with Gasteiger partial charge in [0.25, 0.3) is 0 Å². The predicted molar refractivity (Wildman–Crippen MR) is 203 cm³/mol. The van der Waals surface area contributed by atoms with E-state index in [0.29, 0.717) is 41.4 Å². The molecule has 4 saturated carbocycles. The fourth-order valence-electron chi connectivity index (χ4n) is 14.1. The van der Waals surface area contributed by atoms with Crippen molar-refractivity contribution in [3.05, 3.63) is 0 Å². The average molecular weight is 843 g/mol. The van der Waals surface area contributed by atoms with Crippen LogP contribution in [-0.4, -0.2) is 159 Å². The van der Waals surface area contributed by atoms with Gasteiger partial charge in [-0.15, -0.1) is 0 Å². The molecular formula is C43H70O16. The second-order valence-electron chi connectivity index (χ2n) is 20.6. The molecule has 9 fully saturated rings. The van der Waals surface area contributed by atoms with Crippen molar-refractivity contribution in [2.24, 2.45) is 52.3 Å². The first-order valence-electron chi connectivity index (χ1n) is 22.6. The molecule has 1 spiro atoms. The fourth-order valence-corrected chi connectivity index (χ4v) is 14.1. The van der Waals surface area contributed by atoms with Crippen molar-refractivity contribution in [3.8, 4) is 0 Å². The Morgan fingerprint density at radius 3 is 2.08 bits per heavy atom. The Labute approximate surface area is 346 Å². The molecule has 59 heavy (non-hydrogen) atoms. The first-order chi connectivity index (χ1) is 28.1. The molecular weight excluding hydrogens is 772 g/mol. The molecule has 0 aromatic rings. The Morgan fingerprint density at radius 1 is 0.627 bits per heavy atom. The maximum atomic E-state index is 11.2. The maximum absolute atomic E-state index is 11.2. The summed E-state index contributed by atoms with van der Waals surface area (Å²) in [6, 6.07) is 0. The van der Waals surface area contributed by atoms with Gasteiger partial charge in [-0.1, -0.05) is 27.7 Å². The predicted octanol–water partition coefficient (Wildman–Crippen LogP) is 0.892. The molecule has 12 unspecified atom stereocenters. The lowest BCUT2D eigenvalue weighted by atomic mass is 9.44. The second-order valence-corrected chi connectivity index (χ2v) is 20.6. The van der Waals surface area contributed by atoms with Crippen LogP contribution in [0.3, 0.4) is 0 Å². The third-order valence-electron chi connectivity index (χ3n) is 17.5. The van der Waals surface area contributed by atoms with Gasteiger partial charge in [-0.05, 0) is 104 Å². The van der Waals surface area contributed by atoms with E-state index in [1.807, 2.05) is 0 Å². The molecule has 9 rings (SSSR count). The third kappa shape index (κ3) is 7.38. The topological polar surface area (TPSA) is 236 Å². The molecule has 0 radical (unpaired) electrons. The van der Waals surface area contributed by atoms with Crippen molar-refractivity contribution in [2.45, 2.75) is 196 Å². The highest BCUT2D eigenvalue weighted by Crippen LogP contribution is 2.71. The summed E-state index contributed by atoms with van der Waals surface area (Å²) in [5.41, 5.74) is 0.481. The zero-order valence-corrected chi connectivity index (χ0v) is 34.9. The van der Waals surface area contributed by atoms with E-state index in [1.165, 1.54) is 25.7 Å². The molecule has 5 aliphatic heterocycles. The highest BCUT2D eigenvalue weighted by atomic mass is 16.8. The number of hydrogen-bond acceptors (Lipinski definition) is 16. The summed E-state index contributed by atoms with van der Waals surface area (Å²) < 4.78 is 48.4. The second kappa shape index (κ2) is 16.4. The van der Waals surface area contributed by atoms with Gasteiger partial charge in [0.1, 0.15) is 54.9 Å². The van der Waals surface area contributed by atoms with Gasteiger partial charge in [0.2, 0.25) is 0 Å². The normalized spacial score (nSPS) is 58.8. The molecule has 0 amide bonds. The Bertz CT molecular complexity index is 1460. The zero-order chi connectivity index (χ0) is 41.8. The quantitative estimate of drug-likeness (QED) is 0.166. The van der Waals surface area contributed by atoms with E-state index in [4.69, 9.17) is 37.9 Å². The summed E-state index contributed by atoms with van der Waals surface area (Å²) in [4.78, 5) is 0. The van der Waals surface area contributed by atoms with Gasteiger partial charge in [0.05, 0.1) is 32.0 Å². The summed E-state index contributed by atoms with van der Waals surface area (Å²) in [5.74, 6) is 3.66. The molecule has 5 heterocycles. The fraction of sp³-hybridized carbons (Fsp3) is 1.00. The van der Waals surface area contributed by atoms with Gasteiger partial charge < -0.3 is 78.7 Å². The van der Waals surface area contributed by atoms with E-state index < -0.39 is 92.5 Å². The van der Waals surface area contributed by atoms with Crippen LogP contribution in [0, 0.1) is 52.3 Å². The van der Waals surface area contributed by atoms with Gasteiger partial charge in [-0.3, -0.25) is 0 Å². The number of aliphatic hydroxyl groups is 8. The molecule has 16 nitrogen and oxygen atoms in total. The van der Waals surface area contributed by atoms with Crippen LogP contribution in [0.1, 0.15) is 98.3 Å². The van der Waals surface area contributed by atoms with Crippen LogP contribution >= 0.6 is 0 Å². The van der Waals surface area contributed by atoms with Crippen molar-refractivity contribution < 1.29 is 78.7 Å². The minimum Gasteiger partial charge on any atom is -0.394 e. The van der Waals surface area contributed by atoms with Gasteiger partial charge in [0.15, 0.2) is 30.9 Å². The Balaban J connectivity index is 0.775. The average Bonchev–Trinajstić information content (AvgIpc) is 3.66. The third-order valence-corrected chi connectivity index (χ3v) is 17.5. The Hall–Kier alpha value is -0.640. The van der Waals surface area contributed by atoms with Gasteiger partial charge in [-0.2, -0.15) is 0 Å². The van der Waals surface area contributed by atoms with E-state index >= 15 is 0 Å². The smallest absolute Gasteiger partial charge is 0.189 e. The van der Waals surface area contributed by atoms with Crippen LogP contribution in [0.25, 0.3) is 0 Å². The first-order valence-corrected chi connectivity index (χ1v) is 22.6. The molecule has 0 aromatic carbocycles. The van der Waals surface area contributed by atoms with E-state index in [9.17, 15) is 40.9 Å². The number of ether oxygens (including phenoxy) is 8. The maximum Gasteiger partial charge on any atom is 0.189 e. The van der Waals surface area contributed by atoms with Crippen LogP contribution in [-0.2, 0) is 37.9 Å². The zero-order valence-electron chi connectivity index (χ0n) is 34.9. The van der Waals surface area contributed by atoms with E-state index in [0.717, 1.165) is 45.1 Å². The van der Waals surface area contributed by atoms with Gasteiger partial charge in [-0.25, -0.2) is 0 Å². The summed E-state index contributed by atoms with van der Waals surface area (Å²) in [5, 5.41) is 83.8. The highest BCUT2D eigenvalue weighted by Gasteiger charge is 2.69. The molecule has 4 aliphatic carbocycles. The molecule has 16 heteroatoms. The van der Waals surface area contributed by atoms with Crippen LogP contribution in [0.5, 0.6) is 0 Å². The van der Waals surface area contributed by atoms with Crippen LogP contribution in [0.15, 0.2) is 0 Å². The number of rotatable bonds is 7. The van der Waals surface area contributed by atoms with E-state index in [-0.39, 0.29) is 36.1 Å². The van der Waals surface area contributed by atoms with Crippen LogP contribution in [0.2, 0.25) is 0 Å². The largest absolute Gasteiger partial charge is 0.394 e. The Morgan fingerprint density at radius 2 is 1.36 bits per heavy atom. The van der Waals surface area contributed by atoms with Crippen molar-refractivity contribution in [1.29, 1.82) is 0 Å². The molecule has 338 valence electrons. The number of aliphatic hydroxyl groups excluding tert-OH is 8. The van der Waals surface area contributed by atoms with Gasteiger partial charge >= 0.3 is 0 Å². The van der Waals surface area contributed by atoms with E-state index in [1.54, 1.807) is 0 Å². The minimum absolute atomic E-state index is 0.136. The van der Waals surface area contributed by atoms with E-state index in [2.05, 4.69) is 27.7 Å². The summed E-state index contributed by atoms with van der Waals surface area (Å²) in [6.07, 6.45) is -7.99. The molecule has 0 aromatic heterocycles. The first kappa shape index (κ1) is 43.6. The summed E-state index contributed by atoms with van der Waals surface area (Å²) in [7, 11) is 0. The highest BCUT2D eigenvalue weighted by molar-refractivity contribution is 5.15. The van der Waals surface area contributed by atoms with Crippen molar-refractivity contribution in [2.75, 3.05) is 19.8 Å². The van der Waals surface area contributed by atoms with Gasteiger partial charge in [0, 0.05) is 18.8 Å². The number of fused-ring (bicyclic) bond motifs is 7.